The SMILES string of the molecule is Cc1ccc2c(Cl)c(Cl)sc2n1. The van der Waals surface area contributed by atoms with E-state index in [0.717, 1.165) is 15.9 Å². The number of rotatable bonds is 0. The quantitative estimate of drug-likeness (QED) is 0.653. The second kappa shape index (κ2) is 2.87. The van der Waals surface area contributed by atoms with Crippen molar-refractivity contribution in [2.24, 2.45) is 0 Å². The topological polar surface area (TPSA) is 12.9 Å². The molecule has 2 heterocycles. The number of fused-ring (bicyclic) bond motifs is 1. The maximum atomic E-state index is 5.93. The number of hydrogen-bond acceptors (Lipinski definition) is 2. The summed E-state index contributed by atoms with van der Waals surface area (Å²) in [5, 5.41) is 1.56. The number of aryl methyl sites for hydroxylation is 1. The molecule has 2 aromatic rings. The van der Waals surface area contributed by atoms with E-state index in [4.69, 9.17) is 23.2 Å². The molecule has 62 valence electrons. The maximum Gasteiger partial charge on any atom is 0.126 e. The van der Waals surface area contributed by atoms with Crippen LogP contribution in [0.15, 0.2) is 12.1 Å². The number of nitrogens with zero attached hydrogens (tertiary/aromatic N) is 1. The van der Waals surface area contributed by atoms with Gasteiger partial charge >= 0.3 is 0 Å². The van der Waals surface area contributed by atoms with Crippen molar-refractivity contribution < 1.29 is 0 Å². The molecule has 0 aliphatic carbocycles. The monoisotopic (exact) mass is 217 g/mol. The first-order valence-electron chi connectivity index (χ1n) is 3.39. The van der Waals surface area contributed by atoms with Gasteiger partial charge in [0.05, 0.1) is 5.02 Å². The molecule has 0 fully saturated rings. The van der Waals surface area contributed by atoms with E-state index in [1.54, 1.807) is 0 Å². The van der Waals surface area contributed by atoms with Crippen LogP contribution in [0.25, 0.3) is 10.2 Å². The number of pyridine rings is 1. The minimum Gasteiger partial charge on any atom is -0.242 e. The normalized spacial score (nSPS) is 10.9. The van der Waals surface area contributed by atoms with Crippen molar-refractivity contribution in [1.82, 2.24) is 4.98 Å². The highest BCUT2D eigenvalue weighted by Gasteiger charge is 2.08. The second-order valence-electron chi connectivity index (χ2n) is 2.50. The summed E-state index contributed by atoms with van der Waals surface area (Å²) in [7, 11) is 0. The van der Waals surface area contributed by atoms with Crippen LogP contribution in [0.4, 0.5) is 0 Å². The zero-order valence-corrected chi connectivity index (χ0v) is 8.59. The van der Waals surface area contributed by atoms with Gasteiger partial charge in [-0.3, -0.25) is 0 Å². The fraction of sp³-hybridized carbons (Fsp3) is 0.125. The van der Waals surface area contributed by atoms with Crippen LogP contribution in [0, 0.1) is 6.92 Å². The van der Waals surface area contributed by atoms with Crippen molar-refractivity contribution in [3.05, 3.63) is 27.2 Å². The van der Waals surface area contributed by atoms with Crippen molar-refractivity contribution in [2.75, 3.05) is 0 Å². The van der Waals surface area contributed by atoms with Gasteiger partial charge in [0.1, 0.15) is 9.17 Å². The molecule has 0 N–H and O–H groups in total. The summed E-state index contributed by atoms with van der Waals surface area (Å²) in [6, 6.07) is 3.87. The van der Waals surface area contributed by atoms with Crippen LogP contribution in [0.1, 0.15) is 5.69 Å². The molecule has 0 amide bonds. The molecule has 0 saturated carbocycles. The molecule has 0 spiro atoms. The number of hydrogen-bond donors (Lipinski definition) is 0. The molecule has 2 rings (SSSR count). The largest absolute Gasteiger partial charge is 0.242 e. The van der Waals surface area contributed by atoms with Crippen LogP contribution in [0.2, 0.25) is 9.36 Å². The fourth-order valence-electron chi connectivity index (χ4n) is 1.01. The zero-order chi connectivity index (χ0) is 8.72. The van der Waals surface area contributed by atoms with E-state index in [9.17, 15) is 0 Å². The average Bonchev–Trinajstić information content (AvgIpc) is 2.28. The first-order valence-corrected chi connectivity index (χ1v) is 4.97. The Labute approximate surface area is 83.9 Å². The molecule has 0 aliphatic rings. The predicted molar refractivity (Wildman–Crippen MR) is 54.4 cm³/mol. The Hall–Kier alpha value is -0.310. The van der Waals surface area contributed by atoms with E-state index < -0.39 is 0 Å². The van der Waals surface area contributed by atoms with Crippen LogP contribution < -0.4 is 0 Å². The summed E-state index contributed by atoms with van der Waals surface area (Å²) in [6.45, 7) is 1.95. The van der Waals surface area contributed by atoms with Crippen LogP contribution in [0.3, 0.4) is 0 Å². The summed E-state index contributed by atoms with van der Waals surface area (Å²) in [5.41, 5.74) is 0.983. The molecule has 0 radical (unpaired) electrons. The third-order valence-corrected chi connectivity index (χ3v) is 3.50. The van der Waals surface area contributed by atoms with Gasteiger partial charge < -0.3 is 0 Å². The third-order valence-electron chi connectivity index (χ3n) is 1.59. The molecule has 4 heteroatoms. The van der Waals surface area contributed by atoms with Gasteiger partial charge in [-0.05, 0) is 19.1 Å². The fourth-order valence-corrected chi connectivity index (χ4v) is 2.50. The van der Waals surface area contributed by atoms with Crippen LogP contribution in [-0.4, -0.2) is 4.98 Å². The summed E-state index contributed by atoms with van der Waals surface area (Å²) >= 11 is 13.2. The van der Waals surface area contributed by atoms with E-state index >= 15 is 0 Å². The summed E-state index contributed by atoms with van der Waals surface area (Å²) in [4.78, 5) is 5.21. The molecule has 0 saturated heterocycles. The first-order chi connectivity index (χ1) is 5.68. The van der Waals surface area contributed by atoms with Gasteiger partial charge in [0.2, 0.25) is 0 Å². The number of aromatic nitrogens is 1. The number of halogens is 2. The molecule has 0 unspecified atom stereocenters. The van der Waals surface area contributed by atoms with Crippen molar-refractivity contribution >= 4 is 44.8 Å². The summed E-state index contributed by atoms with van der Waals surface area (Å²) in [5.74, 6) is 0. The standard InChI is InChI=1S/C8H5Cl2NS/c1-4-2-3-5-6(9)7(10)12-8(5)11-4/h2-3H,1H3. The second-order valence-corrected chi connectivity index (χ2v) is 4.47. The van der Waals surface area contributed by atoms with Gasteiger partial charge in [0.25, 0.3) is 0 Å². The Morgan fingerprint density at radius 1 is 1.33 bits per heavy atom. The minimum atomic E-state index is 0.615. The van der Waals surface area contributed by atoms with Crippen molar-refractivity contribution in [3.8, 4) is 0 Å². The van der Waals surface area contributed by atoms with Gasteiger partial charge in [0, 0.05) is 11.1 Å². The van der Waals surface area contributed by atoms with Crippen molar-refractivity contribution in [2.45, 2.75) is 6.92 Å². The minimum absolute atomic E-state index is 0.615. The van der Waals surface area contributed by atoms with Crippen molar-refractivity contribution in [1.29, 1.82) is 0 Å². The Bertz CT molecular complexity index is 436. The van der Waals surface area contributed by atoms with Crippen LogP contribution in [-0.2, 0) is 0 Å². The van der Waals surface area contributed by atoms with Gasteiger partial charge in [-0.25, -0.2) is 4.98 Å². The average molecular weight is 218 g/mol. The molecule has 0 bridgehead atoms. The van der Waals surface area contributed by atoms with Gasteiger partial charge in [-0.15, -0.1) is 11.3 Å². The Morgan fingerprint density at radius 3 is 2.83 bits per heavy atom. The van der Waals surface area contributed by atoms with E-state index in [2.05, 4.69) is 4.98 Å². The molecule has 1 nitrogen and oxygen atoms in total. The summed E-state index contributed by atoms with van der Waals surface area (Å²) < 4.78 is 0.616. The lowest BCUT2D eigenvalue weighted by atomic mass is 10.3. The lowest BCUT2D eigenvalue weighted by molar-refractivity contribution is 1.27. The highest BCUT2D eigenvalue weighted by molar-refractivity contribution is 7.23. The van der Waals surface area contributed by atoms with E-state index in [1.807, 2.05) is 19.1 Å². The maximum absolute atomic E-state index is 5.93. The highest BCUT2D eigenvalue weighted by Crippen LogP contribution is 2.37. The van der Waals surface area contributed by atoms with Crippen LogP contribution >= 0.6 is 34.5 Å². The summed E-state index contributed by atoms with van der Waals surface area (Å²) in [6.07, 6.45) is 0. The van der Waals surface area contributed by atoms with E-state index in [-0.39, 0.29) is 0 Å². The Balaban J connectivity index is 2.87. The smallest absolute Gasteiger partial charge is 0.126 e. The molecule has 12 heavy (non-hydrogen) atoms. The molecule has 2 aromatic heterocycles. The lowest BCUT2D eigenvalue weighted by Crippen LogP contribution is -1.76. The molecule has 0 atom stereocenters. The Kier molecular flexibility index (Phi) is 1.99. The lowest BCUT2D eigenvalue weighted by Gasteiger charge is -1.90. The number of thiophene rings is 1. The molecular weight excluding hydrogens is 213 g/mol. The zero-order valence-electron chi connectivity index (χ0n) is 6.27. The van der Waals surface area contributed by atoms with Crippen molar-refractivity contribution in [3.63, 3.8) is 0 Å². The van der Waals surface area contributed by atoms with Gasteiger partial charge in [-0.1, -0.05) is 23.2 Å². The molecule has 0 aromatic carbocycles. The third kappa shape index (κ3) is 1.20. The van der Waals surface area contributed by atoms with Gasteiger partial charge in [0.15, 0.2) is 0 Å². The first kappa shape index (κ1) is 8.30. The van der Waals surface area contributed by atoms with E-state index in [1.165, 1.54) is 11.3 Å². The highest BCUT2D eigenvalue weighted by atomic mass is 35.5. The molecule has 0 aliphatic heterocycles. The van der Waals surface area contributed by atoms with E-state index in [0.29, 0.717) is 9.36 Å². The predicted octanol–water partition coefficient (Wildman–Crippen LogP) is 3.91. The molecular formula is C8H5Cl2NS. The Morgan fingerprint density at radius 2 is 2.08 bits per heavy atom. The van der Waals surface area contributed by atoms with Gasteiger partial charge in [-0.2, -0.15) is 0 Å². The van der Waals surface area contributed by atoms with Crippen LogP contribution in [0.5, 0.6) is 0 Å².